The van der Waals surface area contributed by atoms with Crippen molar-refractivity contribution >= 4 is 0 Å². The Kier molecular flexibility index (Phi) is 5.15. The molecule has 0 fully saturated rings. The lowest BCUT2D eigenvalue weighted by Crippen LogP contribution is -2.17. The van der Waals surface area contributed by atoms with E-state index in [1.807, 2.05) is 38.4 Å². The number of para-hydroxylation sites is 1. The average molecular weight is 275 g/mol. The summed E-state index contributed by atoms with van der Waals surface area (Å²) in [7, 11) is 5.63. The number of benzene rings is 1. The van der Waals surface area contributed by atoms with E-state index in [-0.39, 0.29) is 0 Å². The van der Waals surface area contributed by atoms with Crippen LogP contribution in [0.4, 0.5) is 0 Å². The Labute approximate surface area is 119 Å². The van der Waals surface area contributed by atoms with Gasteiger partial charge in [-0.05, 0) is 20.2 Å². The molecule has 0 saturated heterocycles. The number of ether oxygens (including phenoxy) is 1. The van der Waals surface area contributed by atoms with Crippen molar-refractivity contribution in [3.63, 3.8) is 0 Å². The summed E-state index contributed by atoms with van der Waals surface area (Å²) in [4.78, 5) is 2.17. The van der Waals surface area contributed by atoms with E-state index in [9.17, 15) is 0 Å². The van der Waals surface area contributed by atoms with Gasteiger partial charge in [0.2, 0.25) is 0 Å². The predicted octanol–water partition coefficient (Wildman–Crippen LogP) is 2.03. The van der Waals surface area contributed by atoms with Crippen molar-refractivity contribution in [1.29, 1.82) is 0 Å². The van der Waals surface area contributed by atoms with Gasteiger partial charge in [0.05, 0.1) is 19.3 Å². The molecule has 0 bridgehead atoms. The fourth-order valence-corrected chi connectivity index (χ4v) is 2.14. The number of nitrogens with one attached hydrogen (secondary N) is 1. The summed E-state index contributed by atoms with van der Waals surface area (Å²) < 4.78 is 10.7. The average Bonchev–Trinajstić information content (AvgIpc) is 2.87. The van der Waals surface area contributed by atoms with E-state index in [0.29, 0.717) is 0 Å². The first-order chi connectivity index (χ1) is 9.72. The Morgan fingerprint density at radius 3 is 2.85 bits per heavy atom. The molecule has 0 atom stereocenters. The van der Waals surface area contributed by atoms with Crippen molar-refractivity contribution in [2.24, 2.45) is 0 Å². The summed E-state index contributed by atoms with van der Waals surface area (Å²) in [6.07, 6.45) is 0. The third-order valence-electron chi connectivity index (χ3n) is 3.02. The highest BCUT2D eigenvalue weighted by Crippen LogP contribution is 2.19. The molecule has 5 nitrogen and oxygen atoms in total. The highest BCUT2D eigenvalue weighted by molar-refractivity contribution is 5.33. The number of methoxy groups -OCH3 is 1. The lowest BCUT2D eigenvalue weighted by molar-refractivity contribution is 0.262. The van der Waals surface area contributed by atoms with Crippen molar-refractivity contribution < 1.29 is 9.26 Å². The van der Waals surface area contributed by atoms with Gasteiger partial charge in [-0.3, -0.25) is 4.90 Å². The molecule has 1 N–H and O–H groups in total. The van der Waals surface area contributed by atoms with E-state index in [2.05, 4.69) is 21.4 Å². The monoisotopic (exact) mass is 275 g/mol. The molecule has 0 amide bonds. The maximum atomic E-state index is 5.36. The first kappa shape index (κ1) is 14.6. The van der Waals surface area contributed by atoms with Crippen LogP contribution in [0, 0.1) is 0 Å². The largest absolute Gasteiger partial charge is 0.496 e. The highest BCUT2D eigenvalue weighted by atomic mass is 16.5. The second kappa shape index (κ2) is 7.07. The molecule has 20 heavy (non-hydrogen) atoms. The van der Waals surface area contributed by atoms with Crippen molar-refractivity contribution in [3.8, 4) is 5.75 Å². The minimum Gasteiger partial charge on any atom is -0.496 e. The molecule has 0 saturated carbocycles. The van der Waals surface area contributed by atoms with Crippen LogP contribution < -0.4 is 10.1 Å². The van der Waals surface area contributed by atoms with Crippen LogP contribution in [0.15, 0.2) is 34.9 Å². The molecule has 2 rings (SSSR count). The van der Waals surface area contributed by atoms with Crippen LogP contribution in [0.3, 0.4) is 0 Å². The molecule has 1 aromatic carbocycles. The molecule has 0 aliphatic rings. The van der Waals surface area contributed by atoms with Crippen LogP contribution in [0.1, 0.15) is 17.0 Å². The second-order valence-corrected chi connectivity index (χ2v) is 4.80. The first-order valence-electron chi connectivity index (χ1n) is 6.62. The fourth-order valence-electron chi connectivity index (χ4n) is 2.14. The molecule has 1 heterocycles. The molecular weight excluding hydrogens is 254 g/mol. The van der Waals surface area contributed by atoms with E-state index in [0.717, 1.165) is 42.4 Å². The van der Waals surface area contributed by atoms with Gasteiger partial charge in [0, 0.05) is 24.7 Å². The maximum Gasteiger partial charge on any atom is 0.151 e. The van der Waals surface area contributed by atoms with Crippen molar-refractivity contribution in [1.82, 2.24) is 15.4 Å². The molecule has 2 aromatic rings. The van der Waals surface area contributed by atoms with Gasteiger partial charge in [0.1, 0.15) is 5.75 Å². The molecule has 0 unspecified atom stereocenters. The van der Waals surface area contributed by atoms with E-state index in [1.54, 1.807) is 7.11 Å². The van der Waals surface area contributed by atoms with Gasteiger partial charge in [-0.25, -0.2) is 0 Å². The van der Waals surface area contributed by atoms with Crippen LogP contribution in [0.5, 0.6) is 5.75 Å². The normalized spacial score (nSPS) is 11.0. The Morgan fingerprint density at radius 1 is 1.30 bits per heavy atom. The SMILES string of the molecule is CNCc1cc(CN(C)Cc2ccccc2OC)on1. The molecule has 1 aromatic heterocycles. The highest BCUT2D eigenvalue weighted by Gasteiger charge is 2.09. The van der Waals surface area contributed by atoms with E-state index in [1.165, 1.54) is 0 Å². The van der Waals surface area contributed by atoms with Gasteiger partial charge in [-0.2, -0.15) is 0 Å². The van der Waals surface area contributed by atoms with Gasteiger partial charge in [0.25, 0.3) is 0 Å². The Hall–Kier alpha value is -1.85. The van der Waals surface area contributed by atoms with Gasteiger partial charge in [-0.1, -0.05) is 23.4 Å². The molecule has 108 valence electrons. The van der Waals surface area contributed by atoms with Gasteiger partial charge in [0.15, 0.2) is 5.76 Å². The minimum absolute atomic E-state index is 0.717. The summed E-state index contributed by atoms with van der Waals surface area (Å²) in [6.45, 7) is 2.24. The number of hydrogen-bond acceptors (Lipinski definition) is 5. The van der Waals surface area contributed by atoms with E-state index < -0.39 is 0 Å². The number of nitrogens with zero attached hydrogens (tertiary/aromatic N) is 2. The summed E-state index contributed by atoms with van der Waals surface area (Å²) in [5.74, 6) is 1.78. The smallest absolute Gasteiger partial charge is 0.151 e. The van der Waals surface area contributed by atoms with Crippen LogP contribution in [0.2, 0.25) is 0 Å². The molecule has 0 aliphatic heterocycles. The first-order valence-corrected chi connectivity index (χ1v) is 6.62. The molecule has 0 radical (unpaired) electrons. The van der Waals surface area contributed by atoms with Gasteiger partial charge < -0.3 is 14.6 Å². The van der Waals surface area contributed by atoms with Crippen LogP contribution >= 0.6 is 0 Å². The Balaban J connectivity index is 1.95. The quantitative estimate of drug-likeness (QED) is 0.838. The van der Waals surface area contributed by atoms with E-state index >= 15 is 0 Å². The summed E-state index contributed by atoms with van der Waals surface area (Å²) in [5, 5.41) is 7.06. The molecular formula is C15H21N3O2. The summed E-state index contributed by atoms with van der Waals surface area (Å²) in [5.41, 5.74) is 2.08. The van der Waals surface area contributed by atoms with Gasteiger partial charge >= 0.3 is 0 Å². The fraction of sp³-hybridized carbons (Fsp3) is 0.400. The van der Waals surface area contributed by atoms with Crippen molar-refractivity contribution in [2.45, 2.75) is 19.6 Å². The summed E-state index contributed by atoms with van der Waals surface area (Å²) in [6, 6.07) is 10.0. The number of aromatic nitrogens is 1. The predicted molar refractivity (Wildman–Crippen MR) is 77.4 cm³/mol. The number of rotatable bonds is 7. The second-order valence-electron chi connectivity index (χ2n) is 4.80. The number of hydrogen-bond donors (Lipinski definition) is 1. The van der Waals surface area contributed by atoms with Crippen molar-refractivity contribution in [2.75, 3.05) is 21.2 Å². The van der Waals surface area contributed by atoms with Crippen LogP contribution in [0.25, 0.3) is 0 Å². The Morgan fingerprint density at radius 2 is 2.10 bits per heavy atom. The molecule has 5 heteroatoms. The molecule has 0 aliphatic carbocycles. The minimum atomic E-state index is 0.717. The molecule has 0 spiro atoms. The van der Waals surface area contributed by atoms with E-state index in [4.69, 9.17) is 9.26 Å². The summed E-state index contributed by atoms with van der Waals surface area (Å²) >= 11 is 0. The van der Waals surface area contributed by atoms with Crippen molar-refractivity contribution in [3.05, 3.63) is 47.3 Å². The standard InChI is InChI=1S/C15H21N3O2/c1-16-9-13-8-14(20-17-13)11-18(2)10-12-6-4-5-7-15(12)19-3/h4-8,16H,9-11H2,1-3H3. The lowest BCUT2D eigenvalue weighted by atomic mass is 10.2. The van der Waals surface area contributed by atoms with Gasteiger partial charge in [-0.15, -0.1) is 0 Å². The van der Waals surface area contributed by atoms with Crippen LogP contribution in [-0.2, 0) is 19.6 Å². The zero-order chi connectivity index (χ0) is 14.4. The third-order valence-corrected chi connectivity index (χ3v) is 3.02. The van der Waals surface area contributed by atoms with Crippen LogP contribution in [-0.4, -0.2) is 31.3 Å². The third kappa shape index (κ3) is 3.82. The topological polar surface area (TPSA) is 50.5 Å². The Bertz CT molecular complexity index is 539. The zero-order valence-corrected chi connectivity index (χ0v) is 12.2. The maximum absolute atomic E-state index is 5.36. The zero-order valence-electron chi connectivity index (χ0n) is 12.2. The lowest BCUT2D eigenvalue weighted by Gasteiger charge is -2.16.